The highest BCUT2D eigenvalue weighted by Gasteiger charge is 2.31. The van der Waals surface area contributed by atoms with Gasteiger partial charge in [-0.2, -0.15) is 0 Å². The lowest BCUT2D eigenvalue weighted by Crippen LogP contribution is -2.27. The Hall–Kier alpha value is -2.34. The molecule has 0 atom stereocenters. The fraction of sp³-hybridized carbons (Fsp3) is 0.609. The Morgan fingerprint density at radius 2 is 0.478 bits per heavy atom. The van der Waals surface area contributed by atoms with Gasteiger partial charge in [0.2, 0.25) is 0 Å². The lowest BCUT2D eigenvalue weighted by Gasteiger charge is -2.36. The molecule has 0 bridgehead atoms. The Balaban J connectivity index is 0.000000349. The van der Waals surface area contributed by atoms with E-state index in [0.29, 0.717) is 0 Å². The average molecular weight is 627 g/mol. The fourth-order valence-corrected chi connectivity index (χ4v) is 5.87. The summed E-state index contributed by atoms with van der Waals surface area (Å²) >= 11 is 0. The zero-order valence-corrected chi connectivity index (χ0v) is 34.4. The molecule has 258 valence electrons. The van der Waals surface area contributed by atoms with Crippen LogP contribution in [0.3, 0.4) is 0 Å². The summed E-state index contributed by atoms with van der Waals surface area (Å²) < 4.78 is 0. The summed E-state index contributed by atoms with van der Waals surface area (Å²) in [6, 6.07) is 24.6. The van der Waals surface area contributed by atoms with Crippen molar-refractivity contribution in [2.24, 2.45) is 0 Å². The van der Waals surface area contributed by atoms with Crippen molar-refractivity contribution in [3.05, 3.63) is 106 Å². The molecular weight excluding hydrogens is 553 g/mol. The van der Waals surface area contributed by atoms with E-state index in [0.717, 1.165) is 0 Å². The molecule has 0 heteroatoms. The average Bonchev–Trinajstić information content (AvgIpc) is 2.85. The highest BCUT2D eigenvalue weighted by atomic mass is 14.4. The Morgan fingerprint density at radius 1 is 0.239 bits per heavy atom. The van der Waals surface area contributed by atoms with Crippen molar-refractivity contribution >= 4 is 0 Å². The number of hydrogen-bond donors (Lipinski definition) is 0. The van der Waals surface area contributed by atoms with E-state index in [1.165, 1.54) is 38.9 Å². The molecule has 0 aliphatic heterocycles. The van der Waals surface area contributed by atoms with Crippen LogP contribution in [0.25, 0.3) is 0 Å². The van der Waals surface area contributed by atoms with Crippen LogP contribution in [0, 0.1) is 0 Å². The maximum Gasteiger partial charge on any atom is -0.0126 e. The molecule has 0 heterocycles. The van der Waals surface area contributed by atoms with Crippen LogP contribution in [0.1, 0.15) is 184 Å². The molecular formula is C46H74. The lowest BCUT2D eigenvalue weighted by molar-refractivity contribution is 0.498. The lowest BCUT2D eigenvalue weighted by atomic mass is 9.69. The van der Waals surface area contributed by atoms with E-state index in [9.17, 15) is 0 Å². The summed E-state index contributed by atoms with van der Waals surface area (Å²) in [5.74, 6) is 0. The number of benzene rings is 3. The zero-order chi connectivity index (χ0) is 36.3. The first-order chi connectivity index (χ1) is 20.3. The first kappa shape index (κ1) is 41.7. The van der Waals surface area contributed by atoms with Gasteiger partial charge in [0, 0.05) is 0 Å². The summed E-state index contributed by atoms with van der Waals surface area (Å²) in [6.45, 7) is 48.0. The van der Waals surface area contributed by atoms with E-state index in [1.54, 1.807) is 0 Å². The Kier molecular flexibility index (Phi) is 13.1. The number of rotatable bonds is 0. The largest absolute Gasteiger partial charge is 0.0620 e. The van der Waals surface area contributed by atoms with Gasteiger partial charge in [-0.05, 0) is 76.8 Å². The molecule has 0 fully saturated rings. The molecule has 0 radical (unpaired) electrons. The van der Waals surface area contributed by atoms with Crippen molar-refractivity contribution in [3.63, 3.8) is 0 Å². The maximum atomic E-state index is 2.33. The van der Waals surface area contributed by atoms with Crippen LogP contribution < -0.4 is 0 Å². The van der Waals surface area contributed by atoms with Gasteiger partial charge in [-0.15, -0.1) is 0 Å². The summed E-state index contributed by atoms with van der Waals surface area (Å²) in [6.07, 6.45) is 0. The second-order valence-electron chi connectivity index (χ2n) is 20.6. The SMILES string of the molecule is CC(C)(C)c1ccc(C(C)(C)C)cc1.CC(C)(C)c1cccc(C(C)(C)C)c1C(C)(C)C.CC(C)(C)c1ccccc1C(C)(C)C. The first-order valence-electron chi connectivity index (χ1n) is 17.6. The van der Waals surface area contributed by atoms with Crippen molar-refractivity contribution in [3.8, 4) is 0 Å². The van der Waals surface area contributed by atoms with Gasteiger partial charge in [-0.1, -0.05) is 212 Å². The van der Waals surface area contributed by atoms with E-state index < -0.39 is 0 Å². The van der Waals surface area contributed by atoms with Crippen molar-refractivity contribution < 1.29 is 0 Å². The van der Waals surface area contributed by atoms with E-state index >= 15 is 0 Å². The molecule has 0 aromatic heterocycles. The Bertz CT molecular complexity index is 1260. The van der Waals surface area contributed by atoms with Crippen LogP contribution in [0.2, 0.25) is 0 Å². The topological polar surface area (TPSA) is 0 Å². The predicted octanol–water partition coefficient (Wildman–Crippen LogP) is 14.1. The second kappa shape index (κ2) is 14.4. The monoisotopic (exact) mass is 627 g/mol. The van der Waals surface area contributed by atoms with Gasteiger partial charge in [0.15, 0.2) is 0 Å². The number of hydrogen-bond acceptors (Lipinski definition) is 0. The van der Waals surface area contributed by atoms with Gasteiger partial charge >= 0.3 is 0 Å². The van der Waals surface area contributed by atoms with Crippen LogP contribution in [0.15, 0.2) is 66.7 Å². The van der Waals surface area contributed by atoms with Crippen LogP contribution in [0.5, 0.6) is 0 Å². The van der Waals surface area contributed by atoms with Crippen molar-refractivity contribution in [2.75, 3.05) is 0 Å². The zero-order valence-electron chi connectivity index (χ0n) is 34.4. The van der Waals surface area contributed by atoms with Crippen LogP contribution in [0.4, 0.5) is 0 Å². The van der Waals surface area contributed by atoms with Crippen molar-refractivity contribution in [1.29, 1.82) is 0 Å². The van der Waals surface area contributed by atoms with E-state index in [1.807, 2.05) is 0 Å². The van der Waals surface area contributed by atoms with Crippen LogP contribution in [-0.4, -0.2) is 0 Å². The molecule has 3 aromatic rings. The molecule has 0 amide bonds. The third-order valence-electron chi connectivity index (χ3n) is 8.59. The summed E-state index contributed by atoms with van der Waals surface area (Å²) in [5.41, 5.74) is 11.8. The predicted molar refractivity (Wildman–Crippen MR) is 210 cm³/mol. The molecule has 3 rings (SSSR count). The summed E-state index contributed by atoms with van der Waals surface area (Å²) in [4.78, 5) is 0. The summed E-state index contributed by atoms with van der Waals surface area (Å²) in [5, 5.41) is 0. The minimum absolute atomic E-state index is 0.187. The van der Waals surface area contributed by atoms with Crippen LogP contribution in [-0.2, 0) is 37.9 Å². The van der Waals surface area contributed by atoms with Crippen molar-refractivity contribution in [2.45, 2.75) is 183 Å². The fourth-order valence-electron chi connectivity index (χ4n) is 5.87. The standard InChI is InChI=1S/C18H30.2C14H22/c1-16(2,3)13-11-10-12-14(17(4,5)6)15(13)18(7,8)9;1-13(2,3)11-7-9-12(10-8-11)14(4,5)6;1-13(2,3)11-9-7-8-10-12(11)14(4,5)6/h10-12H,1-9H3;2*7-10H,1-6H3. The molecule has 0 saturated heterocycles. The molecule has 3 aromatic carbocycles. The quantitative estimate of drug-likeness (QED) is 0.233. The molecule has 0 saturated carbocycles. The molecule has 0 unspecified atom stereocenters. The Morgan fingerprint density at radius 3 is 0.674 bits per heavy atom. The molecule has 0 spiro atoms. The third kappa shape index (κ3) is 12.4. The van der Waals surface area contributed by atoms with Crippen molar-refractivity contribution in [1.82, 2.24) is 0 Å². The van der Waals surface area contributed by atoms with Gasteiger partial charge in [0.1, 0.15) is 0 Å². The molecule has 46 heavy (non-hydrogen) atoms. The normalized spacial score (nSPS) is 13.3. The van der Waals surface area contributed by atoms with E-state index in [-0.39, 0.29) is 37.9 Å². The highest BCUT2D eigenvalue weighted by molar-refractivity contribution is 5.46. The Labute approximate surface area is 288 Å². The minimum atomic E-state index is 0.187. The maximum absolute atomic E-state index is 2.33. The molecule has 0 N–H and O–H groups in total. The van der Waals surface area contributed by atoms with E-state index in [2.05, 4.69) is 212 Å². The van der Waals surface area contributed by atoms with Gasteiger partial charge in [0.25, 0.3) is 0 Å². The second-order valence-corrected chi connectivity index (χ2v) is 20.6. The van der Waals surface area contributed by atoms with Gasteiger partial charge in [0.05, 0.1) is 0 Å². The molecule has 0 nitrogen and oxygen atoms in total. The first-order valence-corrected chi connectivity index (χ1v) is 17.6. The van der Waals surface area contributed by atoms with E-state index in [4.69, 9.17) is 0 Å². The smallest absolute Gasteiger partial charge is 0.0126 e. The minimum Gasteiger partial charge on any atom is -0.0620 e. The molecule has 0 aliphatic rings. The van der Waals surface area contributed by atoms with Gasteiger partial charge in [-0.3, -0.25) is 0 Å². The highest BCUT2D eigenvalue weighted by Crippen LogP contribution is 2.40. The van der Waals surface area contributed by atoms with Gasteiger partial charge < -0.3 is 0 Å². The van der Waals surface area contributed by atoms with Crippen LogP contribution >= 0.6 is 0 Å². The molecule has 0 aliphatic carbocycles. The van der Waals surface area contributed by atoms with Gasteiger partial charge in [-0.25, -0.2) is 0 Å². The third-order valence-corrected chi connectivity index (χ3v) is 8.59. The summed E-state index contributed by atoms with van der Waals surface area (Å²) in [7, 11) is 0.